The summed E-state index contributed by atoms with van der Waals surface area (Å²) in [4.78, 5) is 12.2. The molecule has 0 saturated carbocycles. The normalized spacial score (nSPS) is 12.4. The van der Waals surface area contributed by atoms with Crippen LogP contribution in [0.1, 0.15) is 0 Å². The van der Waals surface area contributed by atoms with Crippen molar-refractivity contribution in [3.8, 4) is 17.2 Å². The van der Waals surface area contributed by atoms with E-state index in [1.807, 2.05) is 11.3 Å². The molecule has 0 spiro atoms. The Morgan fingerprint density at radius 3 is 1.71 bits per heavy atom. The van der Waals surface area contributed by atoms with Gasteiger partial charge < -0.3 is 0 Å². The van der Waals surface area contributed by atoms with Gasteiger partial charge in [-0.05, 0) is 74.1 Å². The number of benzene rings is 9. The first-order valence-corrected chi connectivity index (χ1v) is 20.2. The van der Waals surface area contributed by atoms with Crippen molar-refractivity contribution < 1.29 is 0 Å². The lowest BCUT2D eigenvalue weighted by Gasteiger charge is -2.13. The largest absolute Gasteiger partial charge is 0.278 e. The molecule has 0 aliphatic carbocycles. The van der Waals surface area contributed by atoms with Crippen molar-refractivity contribution in [3.05, 3.63) is 164 Å². The number of hydrogen-bond donors (Lipinski definition) is 0. The number of rotatable bonds is 2. The van der Waals surface area contributed by atoms with E-state index in [1.54, 1.807) is 11.3 Å². The van der Waals surface area contributed by atoms with Gasteiger partial charge >= 0.3 is 0 Å². The van der Waals surface area contributed by atoms with Crippen molar-refractivity contribution in [2.75, 3.05) is 0 Å². The third-order valence-electron chi connectivity index (χ3n) is 11.6. The van der Waals surface area contributed by atoms with Gasteiger partial charge in [-0.3, -0.25) is 4.57 Å². The van der Waals surface area contributed by atoms with Gasteiger partial charge in [0.25, 0.3) is 0 Å². The van der Waals surface area contributed by atoms with E-state index in [2.05, 4.69) is 168 Å². The highest BCUT2D eigenvalue weighted by molar-refractivity contribution is 7.26. The van der Waals surface area contributed by atoms with Crippen molar-refractivity contribution >= 4 is 128 Å². The van der Waals surface area contributed by atoms with Gasteiger partial charge in [0.05, 0.1) is 16.7 Å². The van der Waals surface area contributed by atoms with E-state index >= 15 is 0 Å². The molecule has 3 nitrogen and oxygen atoms in total. The molecule has 0 saturated heterocycles. The first-order chi connectivity index (χ1) is 27.3. The predicted molar refractivity (Wildman–Crippen MR) is 238 cm³/mol. The Kier molecular flexibility index (Phi) is 5.93. The van der Waals surface area contributed by atoms with Crippen LogP contribution in [0.4, 0.5) is 0 Å². The summed E-state index contributed by atoms with van der Waals surface area (Å²) >= 11 is 3.60. The fourth-order valence-corrected chi connectivity index (χ4v) is 11.5. The molecular formula is C50H27N3S2. The predicted octanol–water partition coefficient (Wildman–Crippen LogP) is 14.6. The zero-order valence-electron chi connectivity index (χ0n) is 29.2. The lowest BCUT2D eigenvalue weighted by atomic mass is 9.91. The second-order valence-corrected chi connectivity index (χ2v) is 16.6. The quantitative estimate of drug-likeness (QED) is 0.166. The van der Waals surface area contributed by atoms with Crippen LogP contribution in [-0.4, -0.2) is 14.5 Å². The number of nitrogens with zero attached hydrogens (tertiary/aromatic N) is 3. The minimum Gasteiger partial charge on any atom is -0.278 e. The van der Waals surface area contributed by atoms with Gasteiger partial charge in [0.1, 0.15) is 4.83 Å². The van der Waals surface area contributed by atoms with Crippen LogP contribution < -0.4 is 0 Å². The van der Waals surface area contributed by atoms with E-state index in [4.69, 9.17) is 9.97 Å². The van der Waals surface area contributed by atoms with Gasteiger partial charge in [0.2, 0.25) is 5.95 Å². The number of fused-ring (bicyclic) bond motifs is 17. The van der Waals surface area contributed by atoms with Gasteiger partial charge in [0, 0.05) is 57.4 Å². The highest BCUT2D eigenvalue weighted by atomic mass is 32.1. The van der Waals surface area contributed by atoms with Crippen LogP contribution in [0.3, 0.4) is 0 Å². The molecule has 55 heavy (non-hydrogen) atoms. The Morgan fingerprint density at radius 1 is 0.364 bits per heavy atom. The maximum absolute atomic E-state index is 5.71. The molecule has 0 aliphatic rings. The van der Waals surface area contributed by atoms with Crippen molar-refractivity contribution in [1.29, 1.82) is 0 Å². The number of hydrogen-bond acceptors (Lipinski definition) is 4. The lowest BCUT2D eigenvalue weighted by Crippen LogP contribution is -2.03. The van der Waals surface area contributed by atoms with Crippen LogP contribution in [-0.2, 0) is 0 Å². The number of aromatic nitrogens is 3. The average Bonchev–Trinajstić information content (AvgIpc) is 3.92. The maximum atomic E-state index is 5.71. The van der Waals surface area contributed by atoms with Crippen molar-refractivity contribution in [3.63, 3.8) is 0 Å². The third kappa shape index (κ3) is 4.03. The molecule has 13 aromatic rings. The molecule has 0 bridgehead atoms. The molecule has 0 atom stereocenters. The van der Waals surface area contributed by atoms with E-state index in [-0.39, 0.29) is 0 Å². The van der Waals surface area contributed by atoms with Gasteiger partial charge in [-0.15, -0.1) is 22.7 Å². The third-order valence-corrected chi connectivity index (χ3v) is 13.8. The summed E-state index contributed by atoms with van der Waals surface area (Å²) < 4.78 is 6.09. The summed E-state index contributed by atoms with van der Waals surface area (Å²) in [6.45, 7) is 0. The molecular weight excluding hydrogens is 707 g/mol. The van der Waals surface area contributed by atoms with Gasteiger partial charge in [-0.1, -0.05) is 127 Å². The molecule has 9 aromatic carbocycles. The highest BCUT2D eigenvalue weighted by Gasteiger charge is 2.24. The molecule has 0 aliphatic heterocycles. The first-order valence-electron chi connectivity index (χ1n) is 18.6. The maximum Gasteiger partial charge on any atom is 0.236 e. The Bertz CT molecular complexity index is 3760. The van der Waals surface area contributed by atoms with E-state index in [0.717, 1.165) is 32.5 Å². The fraction of sp³-hybridized carbons (Fsp3) is 0. The SMILES string of the molecule is c1ccc2cc3c(cc2c1)c1c2c4ccccc4c4ccccc4c2ccc1n3-c1nc(-c2cccc3sc4ccccc4c23)c2c(n1)sc1ccccc12. The second-order valence-electron chi connectivity index (χ2n) is 14.5. The van der Waals surface area contributed by atoms with Crippen molar-refractivity contribution in [1.82, 2.24) is 14.5 Å². The average molecular weight is 734 g/mol. The molecule has 13 rings (SSSR count). The Morgan fingerprint density at radius 2 is 0.945 bits per heavy atom. The van der Waals surface area contributed by atoms with Crippen molar-refractivity contribution in [2.24, 2.45) is 0 Å². The molecule has 0 fully saturated rings. The van der Waals surface area contributed by atoms with Crippen LogP contribution in [0.5, 0.6) is 0 Å². The van der Waals surface area contributed by atoms with Gasteiger partial charge in [-0.25, -0.2) is 9.97 Å². The molecule has 4 heterocycles. The molecule has 5 heteroatoms. The first kappa shape index (κ1) is 29.8. The topological polar surface area (TPSA) is 30.7 Å². The molecule has 0 unspecified atom stereocenters. The van der Waals surface area contributed by atoms with Crippen LogP contribution in [0.2, 0.25) is 0 Å². The van der Waals surface area contributed by atoms with E-state index in [1.165, 1.54) is 84.1 Å². The Labute approximate surface area is 322 Å². The van der Waals surface area contributed by atoms with E-state index in [0.29, 0.717) is 5.95 Å². The molecule has 254 valence electrons. The Balaban J connectivity index is 1.24. The summed E-state index contributed by atoms with van der Waals surface area (Å²) in [6.07, 6.45) is 0. The highest BCUT2D eigenvalue weighted by Crippen LogP contribution is 2.47. The monoisotopic (exact) mass is 733 g/mol. The number of thiophene rings is 2. The van der Waals surface area contributed by atoms with E-state index in [9.17, 15) is 0 Å². The Hall–Kier alpha value is -6.66. The minimum atomic E-state index is 0.685. The smallest absolute Gasteiger partial charge is 0.236 e. The van der Waals surface area contributed by atoms with Crippen LogP contribution >= 0.6 is 22.7 Å². The van der Waals surface area contributed by atoms with Crippen LogP contribution in [0.15, 0.2) is 164 Å². The molecule has 4 aromatic heterocycles. The lowest BCUT2D eigenvalue weighted by molar-refractivity contribution is 1.02. The van der Waals surface area contributed by atoms with Crippen molar-refractivity contribution in [2.45, 2.75) is 0 Å². The zero-order chi connectivity index (χ0) is 35.8. The van der Waals surface area contributed by atoms with Crippen LogP contribution in [0, 0.1) is 0 Å². The van der Waals surface area contributed by atoms with Crippen LogP contribution in [0.25, 0.3) is 123 Å². The standard InChI is InChI=1S/C50H27N3S2/c1-2-13-29-27-40-38(26-28(29)12-1)46-39(25-24-34-32-16-4-3-14-30(32)31-15-5-6-17-33(31)45(34)46)53(40)50-51-48(47-36-19-8-10-22-42(36)55-49(47)52-50)37-20-11-23-43-44(37)35-18-7-9-21-41(35)54-43/h1-27H. The fourth-order valence-electron chi connectivity index (χ4n) is 9.28. The van der Waals surface area contributed by atoms with E-state index < -0.39 is 0 Å². The second kappa shape index (κ2) is 11.0. The minimum absolute atomic E-state index is 0.685. The summed E-state index contributed by atoms with van der Waals surface area (Å²) in [7, 11) is 0. The summed E-state index contributed by atoms with van der Waals surface area (Å²) in [5.41, 5.74) is 4.31. The van der Waals surface area contributed by atoms with Gasteiger partial charge in [0.15, 0.2) is 0 Å². The summed E-state index contributed by atoms with van der Waals surface area (Å²) in [5.74, 6) is 0.685. The zero-order valence-corrected chi connectivity index (χ0v) is 30.9. The molecule has 0 amide bonds. The molecule has 0 radical (unpaired) electrons. The summed E-state index contributed by atoms with van der Waals surface area (Å²) in [5, 5.41) is 17.2. The summed E-state index contributed by atoms with van der Waals surface area (Å²) in [6, 6.07) is 59.9. The molecule has 0 N–H and O–H groups in total. The van der Waals surface area contributed by atoms with Gasteiger partial charge in [-0.2, -0.15) is 0 Å².